The zero-order valence-electron chi connectivity index (χ0n) is 6.20. The van der Waals surface area contributed by atoms with Crippen LogP contribution in [0.1, 0.15) is 0 Å². The molecule has 0 aliphatic carbocycles. The molecular weight excluding hydrogens is 385 g/mol. The lowest BCUT2D eigenvalue weighted by atomic mass is 10.5. The van der Waals surface area contributed by atoms with Crippen LogP contribution in [0.25, 0.3) is 0 Å². The zero-order chi connectivity index (χ0) is 10.9. The lowest BCUT2D eigenvalue weighted by Crippen LogP contribution is -2.18. The molecule has 0 unspecified atom stereocenters. The van der Waals surface area contributed by atoms with E-state index in [2.05, 4.69) is 25.7 Å². The van der Waals surface area contributed by atoms with Crippen LogP contribution >= 0.6 is 38.5 Å². The van der Waals surface area contributed by atoms with Crippen molar-refractivity contribution >= 4 is 38.5 Å². The van der Waals surface area contributed by atoms with E-state index in [9.17, 15) is 17.6 Å². The number of hydrogen-bond donors (Lipinski definition) is 0. The summed E-state index contributed by atoms with van der Waals surface area (Å²) >= 11 is 4.46. The predicted molar refractivity (Wildman–Crippen MR) is 51.3 cm³/mol. The smallest absolute Gasteiger partial charge is 0.386 e. The standard InChI is InChI=1S/C6HBrF4INO/c7-4-2(12)1-3(8)13-5(4)14-6(9,10)11/h1H. The minimum atomic E-state index is -4.88. The molecule has 78 valence electrons. The number of rotatable bonds is 1. The summed E-state index contributed by atoms with van der Waals surface area (Å²) in [6.45, 7) is 0. The van der Waals surface area contributed by atoms with Crippen molar-refractivity contribution in [2.75, 3.05) is 0 Å². The molecule has 2 nitrogen and oxygen atoms in total. The molecule has 0 saturated heterocycles. The monoisotopic (exact) mass is 385 g/mol. The molecule has 1 aromatic heterocycles. The van der Waals surface area contributed by atoms with Gasteiger partial charge in [-0.05, 0) is 38.5 Å². The van der Waals surface area contributed by atoms with Gasteiger partial charge in [-0.1, -0.05) is 0 Å². The van der Waals surface area contributed by atoms with E-state index in [0.717, 1.165) is 6.07 Å². The maximum absolute atomic E-state index is 12.6. The van der Waals surface area contributed by atoms with Gasteiger partial charge in [0.15, 0.2) is 0 Å². The number of hydrogen-bond acceptors (Lipinski definition) is 2. The van der Waals surface area contributed by atoms with Gasteiger partial charge in [-0.3, -0.25) is 0 Å². The Morgan fingerprint density at radius 2 is 2.00 bits per heavy atom. The predicted octanol–water partition coefficient (Wildman–Crippen LogP) is 3.49. The molecule has 0 aliphatic heterocycles. The van der Waals surface area contributed by atoms with E-state index in [-0.39, 0.29) is 8.04 Å². The Balaban J connectivity index is 3.09. The summed E-state index contributed by atoms with van der Waals surface area (Å²) in [5, 5.41) is 0. The molecule has 0 N–H and O–H groups in total. The first-order valence-corrected chi connectivity index (χ1v) is 4.94. The SMILES string of the molecule is Fc1cc(I)c(Br)c(OC(F)(F)F)n1. The van der Waals surface area contributed by atoms with Crippen molar-refractivity contribution in [1.82, 2.24) is 4.98 Å². The second-order valence-corrected chi connectivity index (χ2v) is 4.05. The molecule has 14 heavy (non-hydrogen) atoms. The van der Waals surface area contributed by atoms with E-state index >= 15 is 0 Å². The van der Waals surface area contributed by atoms with Gasteiger partial charge in [0, 0.05) is 9.64 Å². The van der Waals surface area contributed by atoms with Gasteiger partial charge >= 0.3 is 6.36 Å². The molecule has 0 spiro atoms. The molecule has 0 radical (unpaired) electrons. The van der Waals surface area contributed by atoms with Crippen molar-refractivity contribution in [2.24, 2.45) is 0 Å². The number of halogens is 6. The average Bonchev–Trinajstić information content (AvgIpc) is 1.96. The van der Waals surface area contributed by atoms with Gasteiger partial charge in [-0.2, -0.15) is 9.37 Å². The van der Waals surface area contributed by atoms with Crippen LogP contribution in [-0.4, -0.2) is 11.3 Å². The van der Waals surface area contributed by atoms with Gasteiger partial charge < -0.3 is 4.74 Å². The first kappa shape index (κ1) is 12.0. The van der Waals surface area contributed by atoms with E-state index < -0.39 is 18.2 Å². The Labute approximate surface area is 97.9 Å². The Morgan fingerprint density at radius 3 is 2.50 bits per heavy atom. The summed E-state index contributed by atoms with van der Waals surface area (Å²) in [6, 6.07) is 0.980. The third-order valence-corrected chi connectivity index (χ3v) is 3.42. The molecule has 0 aliphatic rings. The van der Waals surface area contributed by atoms with E-state index in [1.165, 1.54) is 0 Å². The highest BCUT2D eigenvalue weighted by Gasteiger charge is 2.33. The van der Waals surface area contributed by atoms with Crippen molar-refractivity contribution in [3.63, 3.8) is 0 Å². The van der Waals surface area contributed by atoms with Crippen molar-refractivity contribution in [3.8, 4) is 5.88 Å². The molecular formula is C6HBrF4INO. The number of aromatic nitrogens is 1. The van der Waals surface area contributed by atoms with Crippen LogP contribution in [0.4, 0.5) is 17.6 Å². The largest absolute Gasteiger partial charge is 0.574 e. The molecule has 0 amide bonds. The maximum Gasteiger partial charge on any atom is 0.574 e. The van der Waals surface area contributed by atoms with Crippen LogP contribution in [-0.2, 0) is 0 Å². The molecule has 1 aromatic rings. The first-order chi connectivity index (χ1) is 6.29. The molecule has 0 aromatic carbocycles. The summed E-state index contributed by atoms with van der Waals surface area (Å²) in [5.41, 5.74) is 0. The first-order valence-electron chi connectivity index (χ1n) is 3.07. The van der Waals surface area contributed by atoms with E-state index in [1.54, 1.807) is 22.6 Å². The van der Waals surface area contributed by atoms with Crippen LogP contribution in [0, 0.1) is 9.52 Å². The summed E-state index contributed by atoms with van der Waals surface area (Å²) < 4.78 is 51.6. The third kappa shape index (κ3) is 3.23. The normalized spacial score (nSPS) is 11.6. The minimum Gasteiger partial charge on any atom is -0.386 e. The lowest BCUT2D eigenvalue weighted by Gasteiger charge is -2.09. The average molecular weight is 386 g/mol. The Kier molecular flexibility index (Phi) is 3.56. The van der Waals surface area contributed by atoms with Crippen molar-refractivity contribution in [3.05, 3.63) is 20.1 Å². The summed E-state index contributed by atoms with van der Waals surface area (Å²) in [7, 11) is 0. The van der Waals surface area contributed by atoms with Crippen LogP contribution in [0.3, 0.4) is 0 Å². The number of alkyl halides is 3. The van der Waals surface area contributed by atoms with Crippen LogP contribution in [0.2, 0.25) is 0 Å². The van der Waals surface area contributed by atoms with Crippen LogP contribution in [0.5, 0.6) is 5.88 Å². The molecule has 0 bridgehead atoms. The Morgan fingerprint density at radius 1 is 1.43 bits per heavy atom. The van der Waals surface area contributed by atoms with E-state index in [0.29, 0.717) is 0 Å². The Hall–Kier alpha value is -0.120. The molecule has 8 heteroatoms. The molecule has 0 atom stereocenters. The Bertz CT molecular complexity index is 356. The van der Waals surface area contributed by atoms with Gasteiger partial charge in [-0.25, -0.2) is 0 Å². The highest BCUT2D eigenvalue weighted by Crippen LogP contribution is 2.32. The van der Waals surface area contributed by atoms with Gasteiger partial charge in [0.25, 0.3) is 0 Å². The second kappa shape index (κ2) is 4.17. The minimum absolute atomic E-state index is 0.0307. The zero-order valence-corrected chi connectivity index (χ0v) is 9.94. The number of ether oxygens (including phenoxy) is 1. The van der Waals surface area contributed by atoms with Gasteiger partial charge in [-0.15, -0.1) is 13.2 Å². The molecule has 0 fully saturated rings. The summed E-state index contributed by atoms with van der Waals surface area (Å²) in [5.74, 6) is -1.86. The van der Waals surface area contributed by atoms with E-state index in [1.807, 2.05) is 0 Å². The highest BCUT2D eigenvalue weighted by molar-refractivity contribution is 14.1. The summed E-state index contributed by atoms with van der Waals surface area (Å²) in [6.07, 6.45) is -4.88. The van der Waals surface area contributed by atoms with Crippen LogP contribution < -0.4 is 4.74 Å². The quantitative estimate of drug-likeness (QED) is 0.419. The van der Waals surface area contributed by atoms with Gasteiger partial charge in [0.05, 0.1) is 4.47 Å². The van der Waals surface area contributed by atoms with Gasteiger partial charge in [0.1, 0.15) is 0 Å². The van der Waals surface area contributed by atoms with Crippen LogP contribution in [0.15, 0.2) is 10.5 Å². The molecule has 1 rings (SSSR count). The number of pyridine rings is 1. The van der Waals surface area contributed by atoms with E-state index in [4.69, 9.17) is 0 Å². The van der Waals surface area contributed by atoms with Crippen molar-refractivity contribution in [1.29, 1.82) is 0 Å². The highest BCUT2D eigenvalue weighted by atomic mass is 127. The summed E-state index contributed by atoms with van der Waals surface area (Å²) in [4.78, 5) is 2.96. The fraction of sp³-hybridized carbons (Fsp3) is 0.167. The number of nitrogens with zero attached hydrogens (tertiary/aromatic N) is 1. The molecule has 0 saturated carbocycles. The fourth-order valence-corrected chi connectivity index (χ4v) is 1.40. The van der Waals surface area contributed by atoms with Crippen molar-refractivity contribution in [2.45, 2.75) is 6.36 Å². The van der Waals surface area contributed by atoms with Gasteiger partial charge in [0.2, 0.25) is 11.8 Å². The maximum atomic E-state index is 12.6. The second-order valence-electron chi connectivity index (χ2n) is 2.09. The molecule has 1 heterocycles. The van der Waals surface area contributed by atoms with Crippen molar-refractivity contribution < 1.29 is 22.3 Å². The fourth-order valence-electron chi connectivity index (χ4n) is 0.626. The third-order valence-electron chi connectivity index (χ3n) is 1.06. The lowest BCUT2D eigenvalue weighted by molar-refractivity contribution is -0.276. The topological polar surface area (TPSA) is 22.1 Å².